The van der Waals surface area contributed by atoms with Gasteiger partial charge in [0.2, 0.25) is 5.88 Å². The van der Waals surface area contributed by atoms with Gasteiger partial charge in [-0.05, 0) is 17.3 Å². The summed E-state index contributed by atoms with van der Waals surface area (Å²) in [7, 11) is 0. The minimum absolute atomic E-state index is 0.193. The molecule has 0 fully saturated rings. The molecule has 2 heterocycles. The van der Waals surface area contributed by atoms with E-state index in [1.807, 2.05) is 0 Å². The number of rotatable bonds is 3. The average molecular weight is 323 g/mol. The van der Waals surface area contributed by atoms with Crippen LogP contribution >= 0.6 is 15.9 Å². The third-order valence-electron chi connectivity index (χ3n) is 2.59. The summed E-state index contributed by atoms with van der Waals surface area (Å²) in [4.78, 5) is 4.31. The number of pyridine rings is 1. The molecule has 0 saturated heterocycles. The van der Waals surface area contributed by atoms with Gasteiger partial charge in [0.25, 0.3) is 0 Å². The van der Waals surface area contributed by atoms with Crippen LogP contribution in [0.2, 0.25) is 0 Å². The number of hydrogen-bond acceptors (Lipinski definition) is 4. The summed E-state index contributed by atoms with van der Waals surface area (Å²) in [6, 6.07) is 8.78. The zero-order chi connectivity index (χ0) is 13.2. The summed E-state index contributed by atoms with van der Waals surface area (Å²) in [5, 5.41) is 7.05. The topological polar surface area (TPSA) is 52.8 Å². The van der Waals surface area contributed by atoms with Crippen molar-refractivity contribution in [3.05, 3.63) is 46.6 Å². The van der Waals surface area contributed by atoms with Crippen molar-refractivity contribution < 1.29 is 9.22 Å². The van der Waals surface area contributed by atoms with E-state index in [1.165, 1.54) is 0 Å². The number of hydrogen-bond donors (Lipinski definition) is 0. The van der Waals surface area contributed by atoms with Crippen molar-refractivity contribution in [2.75, 3.05) is 0 Å². The van der Waals surface area contributed by atoms with Crippen molar-refractivity contribution >= 4 is 27.0 Å². The van der Waals surface area contributed by atoms with E-state index in [4.69, 9.17) is 4.74 Å². The molecule has 0 aliphatic heterocycles. The molecule has 2 aromatic heterocycles. The van der Waals surface area contributed by atoms with Gasteiger partial charge in [0.1, 0.15) is 17.6 Å². The van der Waals surface area contributed by atoms with Crippen molar-refractivity contribution in [1.82, 2.24) is 20.2 Å². The number of benzene rings is 1. The lowest BCUT2D eigenvalue weighted by Gasteiger charge is -2.06. The normalized spacial score (nSPS) is 10.8. The summed E-state index contributed by atoms with van der Waals surface area (Å²) in [5.41, 5.74) is 1.47. The Bertz CT molecular complexity index is 731. The number of para-hydroxylation sites is 1. The van der Waals surface area contributed by atoms with E-state index in [-0.39, 0.29) is 11.5 Å². The van der Waals surface area contributed by atoms with E-state index >= 15 is 0 Å². The van der Waals surface area contributed by atoms with E-state index in [0.717, 1.165) is 4.47 Å². The van der Waals surface area contributed by atoms with Crippen LogP contribution in [0.15, 0.2) is 41.0 Å². The van der Waals surface area contributed by atoms with Crippen LogP contribution in [0.25, 0.3) is 11.0 Å². The molecule has 3 rings (SSSR count). The first kappa shape index (κ1) is 12.0. The van der Waals surface area contributed by atoms with Crippen LogP contribution in [-0.2, 0) is 6.61 Å². The molecule has 0 unspecified atom stereocenters. The van der Waals surface area contributed by atoms with Crippen molar-refractivity contribution in [3.63, 3.8) is 0 Å². The van der Waals surface area contributed by atoms with Crippen molar-refractivity contribution in [2.24, 2.45) is 0 Å². The molecule has 0 radical (unpaired) electrons. The maximum absolute atomic E-state index is 13.5. The molecule has 19 heavy (non-hydrogen) atoms. The highest BCUT2D eigenvalue weighted by Crippen LogP contribution is 2.20. The van der Waals surface area contributed by atoms with Crippen molar-refractivity contribution in [3.8, 4) is 5.88 Å². The molecule has 0 aliphatic rings. The number of fused-ring (bicyclic) bond motifs is 1. The second-order valence-electron chi connectivity index (χ2n) is 3.84. The minimum atomic E-state index is 0.193. The van der Waals surface area contributed by atoms with Gasteiger partial charge in [-0.25, -0.2) is 4.98 Å². The second kappa shape index (κ2) is 4.93. The highest BCUT2D eigenvalue weighted by molar-refractivity contribution is 9.10. The molecule has 7 heteroatoms. The van der Waals surface area contributed by atoms with Gasteiger partial charge in [-0.3, -0.25) is 0 Å². The van der Waals surface area contributed by atoms with Gasteiger partial charge in [0.05, 0.1) is 0 Å². The molecule has 0 bridgehead atoms. The summed E-state index contributed by atoms with van der Waals surface area (Å²) < 4.78 is 19.9. The Balaban J connectivity index is 1.88. The SMILES string of the molecule is Fn1nnc2cccc(COc3cc(Br)ccn3)c21. The maximum Gasteiger partial charge on any atom is 0.214 e. The summed E-state index contributed by atoms with van der Waals surface area (Å²) in [5.74, 6) is 0.462. The molecule has 0 atom stereocenters. The fourth-order valence-corrected chi connectivity index (χ4v) is 2.05. The number of halogens is 2. The summed E-state index contributed by atoms with van der Waals surface area (Å²) in [6.07, 6.45) is 1.63. The largest absolute Gasteiger partial charge is 0.473 e. The van der Waals surface area contributed by atoms with E-state index in [1.54, 1.807) is 36.5 Å². The molecule has 0 amide bonds. The Morgan fingerprint density at radius 2 is 2.21 bits per heavy atom. The van der Waals surface area contributed by atoms with E-state index in [9.17, 15) is 4.48 Å². The van der Waals surface area contributed by atoms with Crippen LogP contribution in [-0.4, -0.2) is 20.2 Å². The van der Waals surface area contributed by atoms with Crippen LogP contribution in [0, 0.1) is 0 Å². The highest BCUT2D eigenvalue weighted by atomic mass is 79.9. The number of nitrogens with zero attached hydrogens (tertiary/aromatic N) is 4. The van der Waals surface area contributed by atoms with Crippen LogP contribution in [0.4, 0.5) is 4.48 Å². The van der Waals surface area contributed by atoms with Gasteiger partial charge < -0.3 is 4.74 Å². The molecular weight excluding hydrogens is 315 g/mol. The Morgan fingerprint density at radius 1 is 1.32 bits per heavy atom. The fourth-order valence-electron chi connectivity index (χ4n) is 1.74. The third-order valence-corrected chi connectivity index (χ3v) is 3.08. The van der Waals surface area contributed by atoms with Gasteiger partial charge in [-0.15, -0.1) is 5.10 Å². The number of aromatic nitrogens is 4. The molecule has 1 aromatic carbocycles. The summed E-state index contributed by atoms with van der Waals surface area (Å²) in [6.45, 7) is 0.193. The van der Waals surface area contributed by atoms with Crippen molar-refractivity contribution in [2.45, 2.75) is 6.61 Å². The van der Waals surface area contributed by atoms with Gasteiger partial charge in [-0.2, -0.15) is 0 Å². The Hall–Kier alpha value is -2.02. The Kier molecular flexibility index (Phi) is 3.12. The lowest BCUT2D eigenvalue weighted by molar-refractivity contribution is 0.288. The summed E-state index contributed by atoms with van der Waals surface area (Å²) >= 11 is 3.33. The molecule has 5 nitrogen and oxygen atoms in total. The first-order valence-corrected chi connectivity index (χ1v) is 6.27. The van der Waals surface area contributed by atoms with Crippen molar-refractivity contribution in [1.29, 1.82) is 0 Å². The Morgan fingerprint density at radius 3 is 3.05 bits per heavy atom. The van der Waals surface area contributed by atoms with Gasteiger partial charge in [0.15, 0.2) is 0 Å². The molecule has 3 aromatic rings. The van der Waals surface area contributed by atoms with Gasteiger partial charge in [0, 0.05) is 22.3 Å². The predicted octanol–water partition coefficient (Wildman–Crippen LogP) is 2.90. The lowest BCUT2D eigenvalue weighted by Crippen LogP contribution is -1.99. The molecule has 96 valence electrons. The van der Waals surface area contributed by atoms with E-state index < -0.39 is 0 Å². The van der Waals surface area contributed by atoms with Gasteiger partial charge in [-0.1, -0.05) is 37.4 Å². The molecular formula is C12H8BrFN4O. The standard InChI is InChI=1S/C12H8BrFN4O/c13-9-4-5-15-11(6-9)19-7-8-2-1-3-10-12(8)18(14)17-16-10/h1-6H,7H2. The predicted molar refractivity (Wildman–Crippen MR) is 70.3 cm³/mol. The second-order valence-corrected chi connectivity index (χ2v) is 4.75. The van der Waals surface area contributed by atoms with Crippen LogP contribution in [0.3, 0.4) is 0 Å². The Labute approximate surface area is 116 Å². The van der Waals surface area contributed by atoms with Crippen LogP contribution in [0.1, 0.15) is 5.56 Å². The average Bonchev–Trinajstić information content (AvgIpc) is 2.79. The fraction of sp³-hybridized carbons (Fsp3) is 0.0833. The maximum atomic E-state index is 13.5. The zero-order valence-electron chi connectivity index (χ0n) is 9.62. The van der Waals surface area contributed by atoms with Crippen LogP contribution < -0.4 is 4.74 Å². The minimum Gasteiger partial charge on any atom is -0.473 e. The van der Waals surface area contributed by atoms with Crippen LogP contribution in [0.5, 0.6) is 5.88 Å². The highest BCUT2D eigenvalue weighted by Gasteiger charge is 2.10. The van der Waals surface area contributed by atoms with E-state index in [0.29, 0.717) is 22.5 Å². The molecule has 0 N–H and O–H groups in total. The third kappa shape index (κ3) is 2.41. The number of ether oxygens (including phenoxy) is 1. The van der Waals surface area contributed by atoms with E-state index in [2.05, 4.69) is 31.2 Å². The first-order valence-electron chi connectivity index (χ1n) is 5.48. The zero-order valence-corrected chi connectivity index (χ0v) is 11.2. The molecule has 0 aliphatic carbocycles. The first-order chi connectivity index (χ1) is 9.24. The molecule has 0 saturated carbocycles. The monoisotopic (exact) mass is 322 g/mol. The molecule has 0 spiro atoms. The lowest BCUT2D eigenvalue weighted by atomic mass is 10.2. The quantitative estimate of drug-likeness (QED) is 0.744. The smallest absolute Gasteiger partial charge is 0.214 e. The van der Waals surface area contributed by atoms with Gasteiger partial charge >= 0.3 is 0 Å².